The van der Waals surface area contributed by atoms with Gasteiger partial charge in [0, 0.05) is 23.1 Å². The van der Waals surface area contributed by atoms with Crippen LogP contribution in [0.15, 0.2) is 36.5 Å². The molecule has 0 bridgehead atoms. The Morgan fingerprint density at radius 3 is 2.60 bits per heavy atom. The average molecular weight is 273 g/mol. The summed E-state index contributed by atoms with van der Waals surface area (Å²) in [5.74, 6) is -0.907. The van der Waals surface area contributed by atoms with E-state index in [1.54, 1.807) is 31.3 Å². The second-order valence-electron chi connectivity index (χ2n) is 4.73. The molecule has 3 N–H and O–H groups in total. The van der Waals surface area contributed by atoms with Crippen molar-refractivity contribution in [2.75, 3.05) is 5.32 Å². The maximum Gasteiger partial charge on any atom is 0.244 e. The highest BCUT2D eigenvalue weighted by Gasteiger charge is 2.18. The zero-order chi connectivity index (χ0) is 14.7. The number of nitrogens with zero attached hydrogens (tertiary/aromatic N) is 1. The number of rotatable bonds is 4. The number of aryl methyl sites for hydroxylation is 2. The van der Waals surface area contributed by atoms with E-state index < -0.39 is 11.9 Å². The third kappa shape index (κ3) is 3.32. The Balaban J connectivity index is 2.30. The first-order chi connectivity index (χ1) is 9.45. The summed E-state index contributed by atoms with van der Waals surface area (Å²) < 4.78 is 13.4. The molecule has 0 saturated carbocycles. The molecule has 0 spiro atoms. The van der Waals surface area contributed by atoms with Gasteiger partial charge in [0.15, 0.2) is 0 Å². The first kappa shape index (κ1) is 14.0. The van der Waals surface area contributed by atoms with E-state index in [2.05, 4.69) is 10.3 Å². The molecule has 4 nitrogen and oxygen atoms in total. The van der Waals surface area contributed by atoms with Crippen molar-refractivity contribution in [1.82, 2.24) is 4.98 Å². The van der Waals surface area contributed by atoms with Gasteiger partial charge in [-0.1, -0.05) is 6.07 Å². The third-order valence-electron chi connectivity index (χ3n) is 2.91. The number of amides is 1. The third-order valence-corrected chi connectivity index (χ3v) is 2.91. The Labute approximate surface area is 116 Å². The van der Waals surface area contributed by atoms with Gasteiger partial charge in [-0.3, -0.25) is 9.78 Å². The summed E-state index contributed by atoms with van der Waals surface area (Å²) >= 11 is 0. The van der Waals surface area contributed by atoms with E-state index in [1.165, 1.54) is 12.1 Å². The smallest absolute Gasteiger partial charge is 0.244 e. The van der Waals surface area contributed by atoms with E-state index in [0.717, 1.165) is 11.3 Å². The van der Waals surface area contributed by atoms with Gasteiger partial charge < -0.3 is 11.1 Å². The summed E-state index contributed by atoms with van der Waals surface area (Å²) in [6.45, 7) is 3.63. The number of halogens is 1. The number of aromatic nitrogens is 1. The van der Waals surface area contributed by atoms with Gasteiger partial charge in [-0.05, 0) is 43.7 Å². The van der Waals surface area contributed by atoms with Crippen molar-refractivity contribution in [3.8, 4) is 0 Å². The van der Waals surface area contributed by atoms with Crippen molar-refractivity contribution in [3.05, 3.63) is 59.2 Å². The number of primary amides is 1. The van der Waals surface area contributed by atoms with Crippen molar-refractivity contribution < 1.29 is 9.18 Å². The van der Waals surface area contributed by atoms with Gasteiger partial charge in [-0.2, -0.15) is 0 Å². The number of nitrogens with one attached hydrogen (secondary N) is 1. The van der Waals surface area contributed by atoms with Crippen LogP contribution < -0.4 is 11.1 Å². The summed E-state index contributed by atoms with van der Waals surface area (Å²) in [7, 11) is 0. The second kappa shape index (κ2) is 5.69. The lowest BCUT2D eigenvalue weighted by Gasteiger charge is -2.17. The molecular formula is C15H16FN3O. The normalized spacial score (nSPS) is 11.9. The molecule has 0 aliphatic heterocycles. The van der Waals surface area contributed by atoms with Gasteiger partial charge in [0.2, 0.25) is 5.91 Å². The summed E-state index contributed by atoms with van der Waals surface area (Å²) in [6.07, 6.45) is 1.59. The number of carbonyl (C=O) groups is 1. The number of anilines is 1. The van der Waals surface area contributed by atoms with Gasteiger partial charge in [0.25, 0.3) is 0 Å². The molecule has 20 heavy (non-hydrogen) atoms. The number of hydrogen-bond donors (Lipinski definition) is 2. The van der Waals surface area contributed by atoms with Crippen LogP contribution in [0.1, 0.15) is 22.9 Å². The zero-order valence-electron chi connectivity index (χ0n) is 11.4. The number of nitrogens with two attached hydrogens (primary N) is 1. The van der Waals surface area contributed by atoms with Crippen molar-refractivity contribution >= 4 is 11.6 Å². The van der Waals surface area contributed by atoms with Crippen molar-refractivity contribution in [1.29, 1.82) is 0 Å². The van der Waals surface area contributed by atoms with Crippen LogP contribution in [0.25, 0.3) is 0 Å². The molecule has 0 fully saturated rings. The molecule has 2 aromatic rings. The van der Waals surface area contributed by atoms with Crippen molar-refractivity contribution in [2.24, 2.45) is 5.73 Å². The molecule has 104 valence electrons. The molecule has 2 rings (SSSR count). The van der Waals surface area contributed by atoms with E-state index in [0.29, 0.717) is 11.3 Å². The first-order valence-electron chi connectivity index (χ1n) is 6.21. The van der Waals surface area contributed by atoms with Gasteiger partial charge in [0.05, 0.1) is 0 Å². The lowest BCUT2D eigenvalue weighted by Crippen LogP contribution is -2.27. The van der Waals surface area contributed by atoms with Crippen LogP contribution in [-0.4, -0.2) is 10.9 Å². The largest absolute Gasteiger partial charge is 0.370 e. The van der Waals surface area contributed by atoms with Gasteiger partial charge in [-0.25, -0.2) is 4.39 Å². The second-order valence-corrected chi connectivity index (χ2v) is 4.73. The monoisotopic (exact) mass is 273 g/mol. The van der Waals surface area contributed by atoms with Crippen molar-refractivity contribution in [2.45, 2.75) is 19.9 Å². The lowest BCUT2D eigenvalue weighted by atomic mass is 10.1. The first-order valence-corrected chi connectivity index (χ1v) is 6.21. The molecule has 1 amide bonds. The standard InChI is InChI=1S/C15H16FN3O/c1-9-5-12(16)7-13(6-9)19-14(15(17)20)11-4-3-10(2)18-8-11/h3-8,14,19H,1-2H3,(H2,17,20). The van der Waals surface area contributed by atoms with E-state index in [1.807, 2.05) is 6.92 Å². The Morgan fingerprint density at radius 1 is 1.30 bits per heavy atom. The summed E-state index contributed by atoms with van der Waals surface area (Å²) in [5, 5.41) is 2.94. The fourth-order valence-electron chi connectivity index (χ4n) is 1.96. The summed E-state index contributed by atoms with van der Waals surface area (Å²) in [6, 6.07) is 7.31. The predicted octanol–water partition coefficient (Wildman–Crippen LogP) is 2.48. The van der Waals surface area contributed by atoms with Gasteiger partial charge in [0.1, 0.15) is 11.9 Å². The molecule has 1 heterocycles. The number of hydrogen-bond acceptors (Lipinski definition) is 3. The minimum atomic E-state index is -0.746. The quantitative estimate of drug-likeness (QED) is 0.899. The van der Waals surface area contributed by atoms with E-state index in [-0.39, 0.29) is 5.82 Å². The van der Waals surface area contributed by atoms with E-state index in [9.17, 15) is 9.18 Å². The van der Waals surface area contributed by atoms with Crippen molar-refractivity contribution in [3.63, 3.8) is 0 Å². The highest BCUT2D eigenvalue weighted by atomic mass is 19.1. The number of carbonyl (C=O) groups excluding carboxylic acids is 1. The van der Waals surface area contributed by atoms with Crippen LogP contribution in [-0.2, 0) is 4.79 Å². The molecule has 1 aromatic heterocycles. The van der Waals surface area contributed by atoms with Crippen LogP contribution in [0.3, 0.4) is 0 Å². The maximum absolute atomic E-state index is 13.4. The molecule has 1 aromatic carbocycles. The SMILES string of the molecule is Cc1cc(F)cc(NC(C(N)=O)c2ccc(C)nc2)c1. The highest BCUT2D eigenvalue weighted by Crippen LogP contribution is 2.21. The van der Waals surface area contributed by atoms with Crippen LogP contribution in [0.5, 0.6) is 0 Å². The topological polar surface area (TPSA) is 68.0 Å². The Kier molecular flexibility index (Phi) is 3.98. The molecule has 0 radical (unpaired) electrons. The zero-order valence-corrected chi connectivity index (χ0v) is 11.4. The summed E-state index contributed by atoms with van der Waals surface area (Å²) in [5.41, 5.74) is 8.17. The molecule has 1 atom stereocenters. The fraction of sp³-hybridized carbons (Fsp3) is 0.200. The Bertz CT molecular complexity index is 605. The van der Waals surface area contributed by atoms with Gasteiger partial charge >= 0.3 is 0 Å². The number of benzene rings is 1. The van der Waals surface area contributed by atoms with Crippen LogP contribution in [0.4, 0.5) is 10.1 Å². The molecule has 0 aliphatic rings. The molecular weight excluding hydrogens is 257 g/mol. The fourth-order valence-corrected chi connectivity index (χ4v) is 1.96. The van der Waals surface area contributed by atoms with E-state index in [4.69, 9.17) is 5.73 Å². The number of pyridine rings is 1. The molecule has 1 unspecified atom stereocenters. The molecule has 0 aliphatic carbocycles. The Hall–Kier alpha value is -2.43. The molecule has 5 heteroatoms. The van der Waals surface area contributed by atoms with Crippen LogP contribution in [0, 0.1) is 19.7 Å². The predicted molar refractivity (Wildman–Crippen MR) is 75.7 cm³/mol. The summed E-state index contributed by atoms with van der Waals surface area (Å²) in [4.78, 5) is 15.7. The van der Waals surface area contributed by atoms with Crippen LogP contribution in [0.2, 0.25) is 0 Å². The minimum Gasteiger partial charge on any atom is -0.370 e. The highest BCUT2D eigenvalue weighted by molar-refractivity contribution is 5.84. The minimum absolute atomic E-state index is 0.363. The molecule has 0 saturated heterocycles. The Morgan fingerprint density at radius 2 is 2.05 bits per heavy atom. The maximum atomic E-state index is 13.4. The lowest BCUT2D eigenvalue weighted by molar-refractivity contribution is -0.118. The van der Waals surface area contributed by atoms with Gasteiger partial charge in [-0.15, -0.1) is 0 Å². The van der Waals surface area contributed by atoms with Crippen LogP contribution >= 0.6 is 0 Å². The average Bonchev–Trinajstić information content (AvgIpc) is 2.36. The van der Waals surface area contributed by atoms with E-state index >= 15 is 0 Å².